The molecule has 1 N–H and O–H groups in total. The van der Waals surface area contributed by atoms with Gasteiger partial charge < -0.3 is 10.0 Å². The Morgan fingerprint density at radius 3 is 2.31 bits per heavy atom. The molecule has 0 aliphatic carbocycles. The van der Waals surface area contributed by atoms with Gasteiger partial charge in [-0.2, -0.15) is 0 Å². The number of urea groups is 1. The Bertz CT molecular complexity index is 352. The van der Waals surface area contributed by atoms with Gasteiger partial charge in [-0.15, -0.1) is 0 Å². The number of amides is 2. The molecule has 2 amide bonds. The molecule has 0 spiro atoms. The van der Waals surface area contributed by atoms with E-state index < -0.39 is 0 Å². The van der Waals surface area contributed by atoms with E-state index in [-0.39, 0.29) is 19.2 Å². The number of hydrogen-bond acceptors (Lipinski definition) is 2. The minimum Gasteiger partial charge on any atom is -0.395 e. The van der Waals surface area contributed by atoms with Crippen molar-refractivity contribution < 1.29 is 9.90 Å². The van der Waals surface area contributed by atoms with Crippen molar-refractivity contribution in [3.63, 3.8) is 0 Å². The van der Waals surface area contributed by atoms with Crippen molar-refractivity contribution in [2.45, 2.75) is 0 Å². The van der Waals surface area contributed by atoms with Gasteiger partial charge in [0.05, 0.1) is 13.2 Å². The summed E-state index contributed by atoms with van der Waals surface area (Å²) in [6.45, 7) is 0.181. The molecule has 16 heavy (non-hydrogen) atoms. The van der Waals surface area contributed by atoms with E-state index in [1.165, 1.54) is 9.80 Å². The molecule has 0 aliphatic rings. The molecule has 5 heteroatoms. The molecular weight excluding hydrogens is 228 g/mol. The van der Waals surface area contributed by atoms with Crippen molar-refractivity contribution in [1.82, 2.24) is 4.90 Å². The highest BCUT2D eigenvalue weighted by atomic mass is 35.5. The largest absolute Gasteiger partial charge is 0.395 e. The SMILES string of the molecule is CN(C)C(=O)N(CCO)c1ccc(Cl)cc1. The number of anilines is 1. The number of benzene rings is 1. The van der Waals surface area contributed by atoms with E-state index in [4.69, 9.17) is 16.7 Å². The molecule has 0 fully saturated rings. The number of carbonyl (C=O) groups excluding carboxylic acids is 1. The summed E-state index contributed by atoms with van der Waals surface area (Å²) in [7, 11) is 3.34. The highest BCUT2D eigenvalue weighted by molar-refractivity contribution is 6.30. The fraction of sp³-hybridized carbons (Fsp3) is 0.364. The monoisotopic (exact) mass is 242 g/mol. The topological polar surface area (TPSA) is 43.8 Å². The van der Waals surface area contributed by atoms with Gasteiger partial charge in [-0.1, -0.05) is 11.6 Å². The first-order chi connectivity index (χ1) is 7.56. The summed E-state index contributed by atoms with van der Waals surface area (Å²) in [5.74, 6) is 0. The third-order valence-corrected chi connectivity index (χ3v) is 2.33. The van der Waals surface area contributed by atoms with Crippen LogP contribution in [0.1, 0.15) is 0 Å². The van der Waals surface area contributed by atoms with E-state index in [0.29, 0.717) is 5.02 Å². The van der Waals surface area contributed by atoms with E-state index in [9.17, 15) is 4.79 Å². The quantitative estimate of drug-likeness (QED) is 0.879. The van der Waals surface area contributed by atoms with Crippen LogP contribution in [0.3, 0.4) is 0 Å². The van der Waals surface area contributed by atoms with E-state index in [1.807, 2.05) is 0 Å². The molecule has 0 saturated carbocycles. The van der Waals surface area contributed by atoms with Gasteiger partial charge in [0.2, 0.25) is 0 Å². The maximum Gasteiger partial charge on any atom is 0.324 e. The second-order valence-electron chi connectivity index (χ2n) is 3.53. The number of halogens is 1. The van der Waals surface area contributed by atoms with E-state index in [1.54, 1.807) is 38.4 Å². The van der Waals surface area contributed by atoms with Crippen LogP contribution in [0.25, 0.3) is 0 Å². The molecule has 1 rings (SSSR count). The van der Waals surface area contributed by atoms with E-state index in [0.717, 1.165) is 5.69 Å². The normalized spacial score (nSPS) is 10.0. The van der Waals surface area contributed by atoms with Crippen LogP contribution in [0.2, 0.25) is 5.02 Å². The van der Waals surface area contributed by atoms with Crippen LogP contribution in [0.5, 0.6) is 0 Å². The van der Waals surface area contributed by atoms with Gasteiger partial charge in [0.1, 0.15) is 0 Å². The first-order valence-corrected chi connectivity index (χ1v) is 5.29. The maximum absolute atomic E-state index is 11.8. The molecule has 0 aromatic heterocycles. The van der Waals surface area contributed by atoms with E-state index in [2.05, 4.69) is 0 Å². The number of aliphatic hydroxyl groups excluding tert-OH is 1. The molecule has 1 aromatic carbocycles. The first kappa shape index (κ1) is 12.8. The second-order valence-corrected chi connectivity index (χ2v) is 3.97. The lowest BCUT2D eigenvalue weighted by atomic mass is 10.3. The number of nitrogens with zero attached hydrogens (tertiary/aromatic N) is 2. The summed E-state index contributed by atoms with van der Waals surface area (Å²) in [4.78, 5) is 14.8. The van der Waals surface area contributed by atoms with Gasteiger partial charge in [0, 0.05) is 24.8 Å². The van der Waals surface area contributed by atoms with Gasteiger partial charge in [0.15, 0.2) is 0 Å². The molecule has 0 saturated heterocycles. The fourth-order valence-electron chi connectivity index (χ4n) is 1.30. The van der Waals surface area contributed by atoms with Crippen molar-refractivity contribution in [1.29, 1.82) is 0 Å². The lowest BCUT2D eigenvalue weighted by Crippen LogP contribution is -2.40. The van der Waals surface area contributed by atoms with Crippen LogP contribution in [0.15, 0.2) is 24.3 Å². The minimum atomic E-state index is -0.170. The molecule has 0 bridgehead atoms. The van der Waals surface area contributed by atoms with E-state index >= 15 is 0 Å². The summed E-state index contributed by atoms with van der Waals surface area (Å²) in [6.07, 6.45) is 0. The first-order valence-electron chi connectivity index (χ1n) is 4.91. The van der Waals surface area contributed by atoms with Crippen LogP contribution >= 0.6 is 11.6 Å². The van der Waals surface area contributed by atoms with Crippen LogP contribution in [0, 0.1) is 0 Å². The Hall–Kier alpha value is -1.26. The predicted molar refractivity (Wildman–Crippen MR) is 65.0 cm³/mol. The maximum atomic E-state index is 11.8. The average Bonchev–Trinajstić information content (AvgIpc) is 2.26. The van der Waals surface area contributed by atoms with Crippen molar-refractivity contribution in [2.75, 3.05) is 32.1 Å². The number of carbonyl (C=O) groups is 1. The third-order valence-electron chi connectivity index (χ3n) is 2.08. The van der Waals surface area contributed by atoms with Gasteiger partial charge >= 0.3 is 6.03 Å². The zero-order valence-corrected chi connectivity index (χ0v) is 10.1. The average molecular weight is 243 g/mol. The number of hydrogen-bond donors (Lipinski definition) is 1. The summed E-state index contributed by atoms with van der Waals surface area (Å²) >= 11 is 5.77. The second kappa shape index (κ2) is 5.72. The Balaban J connectivity index is 2.93. The Kier molecular flexibility index (Phi) is 4.58. The lowest BCUT2D eigenvalue weighted by molar-refractivity contribution is 0.220. The molecule has 0 heterocycles. The summed E-state index contributed by atoms with van der Waals surface area (Å²) in [6, 6.07) is 6.75. The molecule has 0 aliphatic heterocycles. The van der Waals surface area contributed by atoms with Gasteiger partial charge in [-0.05, 0) is 24.3 Å². The molecule has 88 valence electrons. The summed E-state index contributed by atoms with van der Waals surface area (Å²) < 4.78 is 0. The molecule has 4 nitrogen and oxygen atoms in total. The van der Waals surface area contributed by atoms with Crippen LogP contribution in [-0.2, 0) is 0 Å². The molecule has 1 aromatic rings. The summed E-state index contributed by atoms with van der Waals surface area (Å²) in [5, 5.41) is 9.56. The van der Waals surface area contributed by atoms with Crippen LogP contribution in [-0.4, -0.2) is 43.3 Å². The zero-order valence-electron chi connectivity index (χ0n) is 9.35. The Labute approximate surface area is 100 Å². The van der Waals surface area contributed by atoms with Gasteiger partial charge in [0.25, 0.3) is 0 Å². The zero-order chi connectivity index (χ0) is 12.1. The minimum absolute atomic E-state index is 0.0811. The van der Waals surface area contributed by atoms with Crippen LogP contribution in [0.4, 0.5) is 10.5 Å². The predicted octanol–water partition coefficient (Wildman–Crippen LogP) is 1.82. The fourth-order valence-corrected chi connectivity index (χ4v) is 1.42. The number of rotatable bonds is 3. The Morgan fingerprint density at radius 2 is 1.88 bits per heavy atom. The van der Waals surface area contributed by atoms with Gasteiger partial charge in [-0.25, -0.2) is 4.79 Å². The Morgan fingerprint density at radius 1 is 1.31 bits per heavy atom. The standard InChI is InChI=1S/C11H15ClN2O2/c1-13(2)11(16)14(7-8-15)10-5-3-9(12)4-6-10/h3-6,15H,7-8H2,1-2H3. The van der Waals surface area contributed by atoms with Crippen LogP contribution < -0.4 is 4.90 Å². The smallest absolute Gasteiger partial charge is 0.324 e. The van der Waals surface area contributed by atoms with Crippen molar-refractivity contribution >= 4 is 23.3 Å². The molecule has 0 unspecified atom stereocenters. The molecule has 0 atom stereocenters. The summed E-state index contributed by atoms with van der Waals surface area (Å²) in [5.41, 5.74) is 0.720. The van der Waals surface area contributed by atoms with Crippen molar-refractivity contribution in [3.05, 3.63) is 29.3 Å². The van der Waals surface area contributed by atoms with Crippen molar-refractivity contribution in [2.24, 2.45) is 0 Å². The molecule has 0 radical (unpaired) electrons. The number of aliphatic hydroxyl groups is 1. The highest BCUT2D eigenvalue weighted by Gasteiger charge is 2.16. The van der Waals surface area contributed by atoms with Crippen molar-refractivity contribution in [3.8, 4) is 0 Å². The highest BCUT2D eigenvalue weighted by Crippen LogP contribution is 2.18. The van der Waals surface area contributed by atoms with Gasteiger partial charge in [-0.3, -0.25) is 4.90 Å². The molecular formula is C11H15ClN2O2. The third kappa shape index (κ3) is 3.12. The lowest BCUT2D eigenvalue weighted by Gasteiger charge is -2.25.